The van der Waals surface area contributed by atoms with Crippen LogP contribution in [0.1, 0.15) is 150 Å². The Kier molecular flexibility index (Phi) is 28.2. The van der Waals surface area contributed by atoms with Crippen LogP contribution in [-0.4, -0.2) is 55.4 Å². The summed E-state index contributed by atoms with van der Waals surface area (Å²) in [7, 11) is 0. The molecular formula is C33H65NO4S. The highest BCUT2D eigenvalue weighted by Gasteiger charge is 2.19. The SMILES string of the molecule is CC.CCCCCCCCC(CCCCCC)COC(=O)CCCC(=O)OCCC1CCN(CCCS)CC1. The number of likely N-dealkylation sites (tertiary alicyclic amines) is 1. The Bertz CT molecular complexity index is 552. The lowest BCUT2D eigenvalue weighted by Crippen LogP contribution is -2.34. The van der Waals surface area contributed by atoms with Gasteiger partial charge in [0, 0.05) is 12.8 Å². The van der Waals surface area contributed by atoms with Crippen LogP contribution in [0, 0.1) is 11.8 Å². The Morgan fingerprint density at radius 3 is 1.90 bits per heavy atom. The lowest BCUT2D eigenvalue weighted by molar-refractivity contribution is -0.146. The predicted octanol–water partition coefficient (Wildman–Crippen LogP) is 9.03. The van der Waals surface area contributed by atoms with Crippen LogP contribution in [0.25, 0.3) is 0 Å². The van der Waals surface area contributed by atoms with Crippen molar-refractivity contribution in [3.8, 4) is 0 Å². The molecule has 0 N–H and O–H groups in total. The van der Waals surface area contributed by atoms with Crippen LogP contribution in [0.5, 0.6) is 0 Å². The average Bonchev–Trinajstić information content (AvgIpc) is 2.96. The number of ether oxygens (including phenoxy) is 2. The molecule has 1 heterocycles. The topological polar surface area (TPSA) is 55.8 Å². The maximum absolute atomic E-state index is 12.3. The van der Waals surface area contributed by atoms with Gasteiger partial charge in [0.2, 0.25) is 0 Å². The van der Waals surface area contributed by atoms with Gasteiger partial charge in [-0.15, -0.1) is 0 Å². The second-order valence-electron chi connectivity index (χ2n) is 11.2. The zero-order valence-corrected chi connectivity index (χ0v) is 27.3. The maximum Gasteiger partial charge on any atom is 0.305 e. The molecule has 0 aliphatic carbocycles. The number of thiol groups is 1. The number of unbranched alkanes of at least 4 members (excludes halogenated alkanes) is 8. The molecule has 0 saturated carbocycles. The van der Waals surface area contributed by atoms with E-state index in [1.807, 2.05) is 13.8 Å². The molecule has 1 saturated heterocycles. The molecule has 0 radical (unpaired) electrons. The van der Waals surface area contributed by atoms with Crippen molar-refractivity contribution in [3.05, 3.63) is 0 Å². The first-order valence-electron chi connectivity index (χ1n) is 16.7. The highest BCUT2D eigenvalue weighted by atomic mass is 32.1. The van der Waals surface area contributed by atoms with E-state index in [2.05, 4.69) is 31.4 Å². The summed E-state index contributed by atoms with van der Waals surface area (Å²) in [6.45, 7) is 13.0. The molecule has 1 fully saturated rings. The summed E-state index contributed by atoms with van der Waals surface area (Å²) >= 11 is 4.29. The highest BCUT2D eigenvalue weighted by molar-refractivity contribution is 7.80. The summed E-state index contributed by atoms with van der Waals surface area (Å²) in [5, 5.41) is 0. The molecule has 0 bridgehead atoms. The van der Waals surface area contributed by atoms with E-state index in [0.29, 0.717) is 44.3 Å². The lowest BCUT2D eigenvalue weighted by atomic mass is 9.94. The molecule has 0 spiro atoms. The zero-order valence-electron chi connectivity index (χ0n) is 26.4. The van der Waals surface area contributed by atoms with E-state index in [0.717, 1.165) is 51.1 Å². The van der Waals surface area contributed by atoms with Crippen LogP contribution in [0.15, 0.2) is 0 Å². The fourth-order valence-electron chi connectivity index (χ4n) is 5.25. The number of rotatable bonds is 24. The molecule has 0 aromatic rings. The van der Waals surface area contributed by atoms with Gasteiger partial charge in [-0.3, -0.25) is 9.59 Å². The van der Waals surface area contributed by atoms with Gasteiger partial charge >= 0.3 is 11.9 Å². The van der Waals surface area contributed by atoms with E-state index in [1.54, 1.807) is 0 Å². The Morgan fingerprint density at radius 2 is 1.31 bits per heavy atom. The molecular weight excluding hydrogens is 506 g/mol. The van der Waals surface area contributed by atoms with Gasteiger partial charge < -0.3 is 14.4 Å². The van der Waals surface area contributed by atoms with Gasteiger partial charge in [-0.1, -0.05) is 91.9 Å². The largest absolute Gasteiger partial charge is 0.466 e. The van der Waals surface area contributed by atoms with Crippen LogP contribution < -0.4 is 0 Å². The quantitative estimate of drug-likeness (QED) is 0.0711. The number of hydrogen-bond donors (Lipinski definition) is 1. The zero-order chi connectivity index (χ0) is 29.0. The molecule has 0 aromatic heterocycles. The van der Waals surface area contributed by atoms with Gasteiger partial charge in [-0.2, -0.15) is 12.6 Å². The Balaban J connectivity index is 0.00000704. The van der Waals surface area contributed by atoms with Gasteiger partial charge in [-0.05, 0) is 82.2 Å². The second kappa shape index (κ2) is 28.8. The van der Waals surface area contributed by atoms with Crippen molar-refractivity contribution >= 4 is 24.6 Å². The van der Waals surface area contributed by atoms with E-state index in [9.17, 15) is 9.59 Å². The second-order valence-corrected chi connectivity index (χ2v) is 11.6. The van der Waals surface area contributed by atoms with E-state index < -0.39 is 0 Å². The number of carbonyl (C=O) groups is 2. The van der Waals surface area contributed by atoms with Crippen molar-refractivity contribution in [3.63, 3.8) is 0 Å². The fourth-order valence-corrected chi connectivity index (χ4v) is 5.39. The van der Waals surface area contributed by atoms with Crippen molar-refractivity contribution in [1.29, 1.82) is 0 Å². The third kappa shape index (κ3) is 23.6. The highest BCUT2D eigenvalue weighted by Crippen LogP contribution is 2.21. The van der Waals surface area contributed by atoms with Crippen LogP contribution in [0.3, 0.4) is 0 Å². The van der Waals surface area contributed by atoms with Crippen LogP contribution in [0.2, 0.25) is 0 Å². The lowest BCUT2D eigenvalue weighted by Gasteiger charge is -2.31. The molecule has 1 aliphatic rings. The van der Waals surface area contributed by atoms with Crippen LogP contribution in [-0.2, 0) is 19.1 Å². The van der Waals surface area contributed by atoms with Crippen molar-refractivity contribution in [2.75, 3.05) is 38.6 Å². The van der Waals surface area contributed by atoms with E-state index in [4.69, 9.17) is 9.47 Å². The first-order valence-corrected chi connectivity index (χ1v) is 17.4. The molecule has 0 aromatic carbocycles. The molecule has 232 valence electrons. The van der Waals surface area contributed by atoms with E-state index >= 15 is 0 Å². The third-order valence-electron chi connectivity index (χ3n) is 7.80. The number of esters is 2. The first-order chi connectivity index (χ1) is 19.1. The van der Waals surface area contributed by atoms with Crippen molar-refractivity contribution in [2.45, 2.75) is 150 Å². The molecule has 0 amide bonds. The normalized spacial score (nSPS) is 14.9. The summed E-state index contributed by atoms with van der Waals surface area (Å²) < 4.78 is 11.1. The fraction of sp³-hybridized carbons (Fsp3) is 0.939. The molecule has 1 unspecified atom stereocenters. The average molecular weight is 572 g/mol. The summed E-state index contributed by atoms with van der Waals surface area (Å²) in [6.07, 6.45) is 20.8. The summed E-state index contributed by atoms with van der Waals surface area (Å²) in [6, 6.07) is 0. The van der Waals surface area contributed by atoms with Gasteiger partial charge in [0.15, 0.2) is 0 Å². The minimum Gasteiger partial charge on any atom is -0.466 e. The minimum atomic E-state index is -0.184. The van der Waals surface area contributed by atoms with Gasteiger partial charge in [0.05, 0.1) is 13.2 Å². The monoisotopic (exact) mass is 571 g/mol. The molecule has 39 heavy (non-hydrogen) atoms. The minimum absolute atomic E-state index is 0.168. The van der Waals surface area contributed by atoms with Crippen LogP contribution >= 0.6 is 12.6 Å². The molecule has 5 nitrogen and oxygen atoms in total. The van der Waals surface area contributed by atoms with E-state index in [-0.39, 0.29) is 11.9 Å². The van der Waals surface area contributed by atoms with Crippen molar-refractivity contribution in [2.24, 2.45) is 11.8 Å². The number of hydrogen-bond acceptors (Lipinski definition) is 6. The van der Waals surface area contributed by atoms with Gasteiger partial charge in [0.1, 0.15) is 0 Å². The Labute approximate surface area is 248 Å². The van der Waals surface area contributed by atoms with Crippen molar-refractivity contribution in [1.82, 2.24) is 4.90 Å². The molecule has 1 aliphatic heterocycles. The summed E-state index contributed by atoms with van der Waals surface area (Å²) in [4.78, 5) is 26.9. The van der Waals surface area contributed by atoms with Crippen molar-refractivity contribution < 1.29 is 19.1 Å². The van der Waals surface area contributed by atoms with Gasteiger partial charge in [-0.25, -0.2) is 0 Å². The van der Waals surface area contributed by atoms with Gasteiger partial charge in [0.25, 0.3) is 0 Å². The van der Waals surface area contributed by atoms with E-state index in [1.165, 1.54) is 77.0 Å². The Morgan fingerprint density at radius 1 is 0.769 bits per heavy atom. The molecule has 1 rings (SSSR count). The molecule has 1 atom stereocenters. The summed E-state index contributed by atoms with van der Waals surface area (Å²) in [5.74, 6) is 1.73. The molecule has 6 heteroatoms. The van der Waals surface area contributed by atoms with Crippen LogP contribution in [0.4, 0.5) is 0 Å². The standard InChI is InChI=1S/C31H59NO4S.C2H6/c1-3-5-7-9-10-12-16-29(15-11-8-6-4-2)27-36-31(34)18-13-17-30(33)35-25-21-28-19-23-32(24-20-28)22-14-26-37;1-2/h28-29,37H,3-27H2,1-2H3;1-2H3. The number of carbonyl (C=O) groups excluding carboxylic acids is 2. The predicted molar refractivity (Wildman–Crippen MR) is 170 cm³/mol. The number of piperidine rings is 1. The third-order valence-corrected chi connectivity index (χ3v) is 8.12. The first kappa shape index (κ1) is 38.2. The number of nitrogens with zero attached hydrogens (tertiary/aromatic N) is 1. The smallest absolute Gasteiger partial charge is 0.305 e. The summed E-state index contributed by atoms with van der Waals surface area (Å²) in [5.41, 5.74) is 0. The maximum atomic E-state index is 12.3. The Hall–Kier alpha value is -0.750.